The van der Waals surface area contributed by atoms with E-state index in [0.29, 0.717) is 0 Å². The van der Waals surface area contributed by atoms with Crippen molar-refractivity contribution in [2.45, 2.75) is 51.0 Å². The Morgan fingerprint density at radius 3 is 2.44 bits per heavy atom. The molecule has 0 radical (unpaired) electrons. The molecule has 0 aromatic heterocycles. The molecule has 3 nitrogen and oxygen atoms in total. The van der Waals surface area contributed by atoms with Crippen molar-refractivity contribution in [1.82, 2.24) is 4.90 Å². The standard InChI is InChI=1S/C15H30N2O/c1-13-5-7-15(12-16,8-6-13)17(2)9-10-18-11-14-3-4-14/h13-14H,3-12,16H2,1-2H3. The zero-order valence-corrected chi connectivity index (χ0v) is 12.2. The van der Waals surface area contributed by atoms with Crippen LogP contribution in [-0.4, -0.2) is 43.8 Å². The summed E-state index contributed by atoms with van der Waals surface area (Å²) < 4.78 is 5.75. The fourth-order valence-electron chi connectivity index (χ4n) is 3.01. The average molecular weight is 254 g/mol. The summed E-state index contributed by atoms with van der Waals surface area (Å²) in [6, 6.07) is 0. The quantitative estimate of drug-likeness (QED) is 0.708. The van der Waals surface area contributed by atoms with E-state index in [2.05, 4.69) is 18.9 Å². The molecule has 2 saturated carbocycles. The monoisotopic (exact) mass is 254 g/mol. The Balaban J connectivity index is 1.71. The highest BCUT2D eigenvalue weighted by Crippen LogP contribution is 2.35. The van der Waals surface area contributed by atoms with Gasteiger partial charge >= 0.3 is 0 Å². The molecule has 0 atom stereocenters. The predicted molar refractivity (Wildman–Crippen MR) is 75.6 cm³/mol. The number of ether oxygens (including phenoxy) is 1. The Labute approximate surface area is 112 Å². The third kappa shape index (κ3) is 3.69. The fourth-order valence-corrected chi connectivity index (χ4v) is 3.01. The van der Waals surface area contributed by atoms with Crippen LogP contribution < -0.4 is 5.73 Å². The largest absolute Gasteiger partial charge is 0.380 e. The molecule has 0 amide bonds. The van der Waals surface area contributed by atoms with Crippen molar-refractivity contribution < 1.29 is 4.74 Å². The van der Waals surface area contributed by atoms with Gasteiger partial charge in [0.05, 0.1) is 6.61 Å². The van der Waals surface area contributed by atoms with Gasteiger partial charge in [-0.2, -0.15) is 0 Å². The van der Waals surface area contributed by atoms with E-state index in [1.807, 2.05) is 0 Å². The van der Waals surface area contributed by atoms with E-state index < -0.39 is 0 Å². The molecule has 2 aliphatic rings. The highest BCUT2D eigenvalue weighted by Gasteiger charge is 2.36. The normalized spacial score (nSPS) is 33.0. The van der Waals surface area contributed by atoms with E-state index in [-0.39, 0.29) is 5.54 Å². The van der Waals surface area contributed by atoms with Crippen molar-refractivity contribution in [3.8, 4) is 0 Å². The number of nitrogens with two attached hydrogens (primary N) is 1. The molecule has 2 rings (SSSR count). The van der Waals surface area contributed by atoms with Crippen LogP contribution >= 0.6 is 0 Å². The Hall–Kier alpha value is -0.120. The van der Waals surface area contributed by atoms with E-state index in [1.54, 1.807) is 0 Å². The van der Waals surface area contributed by atoms with Crippen LogP contribution in [0, 0.1) is 11.8 Å². The minimum absolute atomic E-state index is 0.245. The first kappa shape index (κ1) is 14.3. The zero-order chi connectivity index (χ0) is 13.0. The predicted octanol–water partition coefficient (Wildman–Crippen LogP) is 2.25. The Morgan fingerprint density at radius 1 is 1.22 bits per heavy atom. The summed E-state index contributed by atoms with van der Waals surface area (Å²) in [6.45, 7) is 6.02. The van der Waals surface area contributed by atoms with E-state index in [0.717, 1.165) is 38.1 Å². The smallest absolute Gasteiger partial charge is 0.0593 e. The van der Waals surface area contributed by atoms with Gasteiger partial charge in [0, 0.05) is 25.2 Å². The third-order valence-electron chi connectivity index (χ3n) is 5.02. The molecule has 0 heterocycles. The average Bonchev–Trinajstić information content (AvgIpc) is 3.20. The second kappa shape index (κ2) is 6.36. The minimum atomic E-state index is 0.245. The molecule has 2 aliphatic carbocycles. The summed E-state index contributed by atoms with van der Waals surface area (Å²) in [7, 11) is 2.23. The second-order valence-electron chi connectivity index (χ2n) is 6.55. The zero-order valence-electron chi connectivity index (χ0n) is 12.2. The summed E-state index contributed by atoms with van der Waals surface area (Å²) in [5.74, 6) is 1.75. The molecule has 2 N–H and O–H groups in total. The van der Waals surface area contributed by atoms with Gasteiger partial charge in [0.25, 0.3) is 0 Å². The van der Waals surface area contributed by atoms with Gasteiger partial charge in [0.15, 0.2) is 0 Å². The van der Waals surface area contributed by atoms with Crippen LogP contribution in [0.2, 0.25) is 0 Å². The van der Waals surface area contributed by atoms with Gasteiger partial charge in [-0.3, -0.25) is 4.90 Å². The summed E-state index contributed by atoms with van der Waals surface area (Å²) in [5, 5.41) is 0. The molecule has 3 heteroatoms. The number of hydrogen-bond donors (Lipinski definition) is 1. The van der Waals surface area contributed by atoms with E-state index in [9.17, 15) is 0 Å². The first-order valence-corrected chi connectivity index (χ1v) is 7.65. The van der Waals surface area contributed by atoms with Crippen LogP contribution in [0.25, 0.3) is 0 Å². The van der Waals surface area contributed by atoms with Gasteiger partial charge in [-0.15, -0.1) is 0 Å². The molecule has 106 valence electrons. The molecule has 0 saturated heterocycles. The van der Waals surface area contributed by atoms with Crippen molar-refractivity contribution >= 4 is 0 Å². The maximum Gasteiger partial charge on any atom is 0.0593 e. The van der Waals surface area contributed by atoms with E-state index >= 15 is 0 Å². The van der Waals surface area contributed by atoms with Crippen molar-refractivity contribution in [2.75, 3.05) is 33.4 Å². The van der Waals surface area contributed by atoms with Gasteiger partial charge in [0.2, 0.25) is 0 Å². The van der Waals surface area contributed by atoms with Crippen molar-refractivity contribution in [1.29, 1.82) is 0 Å². The lowest BCUT2D eigenvalue weighted by Crippen LogP contribution is -2.54. The minimum Gasteiger partial charge on any atom is -0.380 e. The number of nitrogens with zero attached hydrogens (tertiary/aromatic N) is 1. The van der Waals surface area contributed by atoms with Gasteiger partial charge in [-0.05, 0) is 57.4 Å². The van der Waals surface area contributed by atoms with Crippen LogP contribution in [0.1, 0.15) is 45.4 Å². The third-order valence-corrected chi connectivity index (χ3v) is 5.02. The molecule has 0 bridgehead atoms. The summed E-state index contributed by atoms with van der Waals surface area (Å²) >= 11 is 0. The lowest BCUT2D eigenvalue weighted by atomic mass is 9.76. The molecule has 0 spiro atoms. The molecule has 2 fully saturated rings. The number of rotatable bonds is 7. The van der Waals surface area contributed by atoms with Crippen LogP contribution in [-0.2, 0) is 4.74 Å². The maximum atomic E-state index is 6.06. The Morgan fingerprint density at radius 2 is 1.89 bits per heavy atom. The SMILES string of the molecule is CC1CCC(CN)(N(C)CCOCC2CC2)CC1. The van der Waals surface area contributed by atoms with Gasteiger partial charge < -0.3 is 10.5 Å². The van der Waals surface area contributed by atoms with E-state index in [1.165, 1.54) is 38.5 Å². The Bertz CT molecular complexity index is 245. The van der Waals surface area contributed by atoms with Crippen LogP contribution in [0.15, 0.2) is 0 Å². The molecule has 0 aliphatic heterocycles. The highest BCUT2D eigenvalue weighted by atomic mass is 16.5. The summed E-state index contributed by atoms with van der Waals surface area (Å²) in [6.07, 6.45) is 7.91. The molecule has 0 aromatic rings. The van der Waals surface area contributed by atoms with Crippen LogP contribution in [0.4, 0.5) is 0 Å². The molecule has 0 aromatic carbocycles. The number of hydrogen-bond acceptors (Lipinski definition) is 3. The Kier molecular flexibility index (Phi) is 5.05. The van der Waals surface area contributed by atoms with E-state index in [4.69, 9.17) is 10.5 Å². The van der Waals surface area contributed by atoms with Gasteiger partial charge in [-0.25, -0.2) is 0 Å². The fraction of sp³-hybridized carbons (Fsp3) is 1.00. The summed E-state index contributed by atoms with van der Waals surface area (Å²) in [4.78, 5) is 2.46. The maximum absolute atomic E-state index is 6.06. The summed E-state index contributed by atoms with van der Waals surface area (Å²) in [5.41, 5.74) is 6.31. The molecule has 0 unspecified atom stereocenters. The number of likely N-dealkylation sites (N-methyl/N-ethyl adjacent to an activating group) is 1. The highest BCUT2D eigenvalue weighted by molar-refractivity contribution is 4.94. The van der Waals surface area contributed by atoms with Crippen LogP contribution in [0.5, 0.6) is 0 Å². The lowest BCUT2D eigenvalue weighted by molar-refractivity contribution is 0.0318. The van der Waals surface area contributed by atoms with Crippen molar-refractivity contribution in [2.24, 2.45) is 17.6 Å². The van der Waals surface area contributed by atoms with Gasteiger partial charge in [0.1, 0.15) is 0 Å². The molecular formula is C15H30N2O. The van der Waals surface area contributed by atoms with Crippen molar-refractivity contribution in [3.63, 3.8) is 0 Å². The second-order valence-corrected chi connectivity index (χ2v) is 6.55. The first-order chi connectivity index (χ1) is 8.66. The molecular weight excluding hydrogens is 224 g/mol. The first-order valence-electron chi connectivity index (χ1n) is 7.65. The van der Waals surface area contributed by atoms with Crippen LogP contribution in [0.3, 0.4) is 0 Å². The van der Waals surface area contributed by atoms with Gasteiger partial charge in [-0.1, -0.05) is 6.92 Å². The molecule has 18 heavy (non-hydrogen) atoms. The topological polar surface area (TPSA) is 38.5 Å². The lowest BCUT2D eigenvalue weighted by Gasteiger charge is -2.45. The van der Waals surface area contributed by atoms with Crippen molar-refractivity contribution in [3.05, 3.63) is 0 Å².